The number of likely N-dealkylation sites (N-methyl/N-ethyl adjacent to an activating group) is 1. The number of ether oxygens (including phenoxy) is 4. The lowest BCUT2D eigenvalue weighted by molar-refractivity contribution is -0.870. The van der Waals surface area contributed by atoms with E-state index >= 15 is 0 Å². The van der Waals surface area contributed by atoms with Crippen LogP contribution in [0.4, 0.5) is 0 Å². The van der Waals surface area contributed by atoms with Crippen LogP contribution in [-0.4, -0.2) is 87.4 Å². The van der Waals surface area contributed by atoms with E-state index < -0.39 is 24.3 Å². The Hall–Kier alpha value is -3.79. The fraction of sp³-hybridized carbons (Fsp3) is 0.694. The number of nitrogens with zero attached hydrogens (tertiary/aromatic N) is 1. The number of rotatable bonds is 51. The van der Waals surface area contributed by atoms with Crippen molar-refractivity contribution in [2.45, 2.75) is 232 Å². The van der Waals surface area contributed by atoms with E-state index in [0.29, 0.717) is 17.4 Å². The third-order valence-corrected chi connectivity index (χ3v) is 11.8. The highest BCUT2D eigenvalue weighted by Gasteiger charge is 2.25. The molecule has 0 radical (unpaired) electrons. The summed E-state index contributed by atoms with van der Waals surface area (Å²) < 4.78 is 22.8. The molecule has 0 heterocycles. The number of carboxylic acids is 1. The maximum atomic E-state index is 12.8. The second-order valence-corrected chi connectivity index (χ2v) is 19.9. The Morgan fingerprint density at radius 3 is 1.23 bits per heavy atom. The molecule has 0 rings (SSSR count). The van der Waals surface area contributed by atoms with Gasteiger partial charge in [0.1, 0.15) is 13.2 Å². The van der Waals surface area contributed by atoms with Crippen molar-refractivity contribution in [3.05, 3.63) is 97.2 Å². The van der Waals surface area contributed by atoms with Gasteiger partial charge in [-0.25, -0.2) is 4.79 Å². The lowest BCUT2D eigenvalue weighted by Gasteiger charge is -2.25. The highest BCUT2D eigenvalue weighted by molar-refractivity contribution is 5.71. The van der Waals surface area contributed by atoms with Crippen LogP contribution in [0.2, 0.25) is 0 Å². The average Bonchev–Trinajstić information content (AvgIpc) is 3.34. The average molecular weight is 994 g/mol. The zero-order valence-corrected chi connectivity index (χ0v) is 46.1. The van der Waals surface area contributed by atoms with Crippen LogP contribution in [0.5, 0.6) is 0 Å². The van der Waals surface area contributed by atoms with Crippen LogP contribution < -0.4 is 0 Å². The van der Waals surface area contributed by atoms with Crippen molar-refractivity contribution in [1.82, 2.24) is 0 Å². The summed E-state index contributed by atoms with van der Waals surface area (Å²) in [6, 6.07) is 0. The predicted octanol–water partition coefficient (Wildman–Crippen LogP) is 16.6. The fourth-order valence-electron chi connectivity index (χ4n) is 7.46. The molecule has 0 bridgehead atoms. The van der Waals surface area contributed by atoms with Gasteiger partial charge in [-0.15, -0.1) is 0 Å². The number of carboxylic acid groups (broad SMARTS) is 1. The molecule has 0 aliphatic carbocycles. The fourth-order valence-corrected chi connectivity index (χ4v) is 7.46. The van der Waals surface area contributed by atoms with Crippen LogP contribution in [0.15, 0.2) is 97.2 Å². The van der Waals surface area contributed by atoms with Gasteiger partial charge >= 0.3 is 17.9 Å². The molecule has 2 atom stereocenters. The van der Waals surface area contributed by atoms with Gasteiger partial charge in [-0.05, 0) is 96.3 Å². The topological polar surface area (TPSA) is 108 Å². The Labute approximate surface area is 435 Å². The highest BCUT2D eigenvalue weighted by Crippen LogP contribution is 2.15. The van der Waals surface area contributed by atoms with Gasteiger partial charge in [0.25, 0.3) is 6.29 Å². The van der Waals surface area contributed by atoms with E-state index in [1.807, 2.05) is 21.1 Å². The number of quaternary nitrogens is 1. The van der Waals surface area contributed by atoms with E-state index in [4.69, 9.17) is 18.9 Å². The lowest BCUT2D eigenvalue weighted by atomic mass is 10.0. The first kappa shape index (κ1) is 67.2. The normalized spacial score (nSPS) is 13.5. The Kier molecular flexibility index (Phi) is 49.7. The number of unbranched alkanes of at least 4 members (excludes halogenated alkanes) is 20. The maximum Gasteiger partial charge on any atom is 0.361 e. The van der Waals surface area contributed by atoms with Crippen LogP contribution in [0.1, 0.15) is 219 Å². The molecule has 2 unspecified atom stereocenters. The minimum absolute atomic E-state index is 0.174. The zero-order valence-electron chi connectivity index (χ0n) is 46.1. The first-order chi connectivity index (χ1) is 34.6. The van der Waals surface area contributed by atoms with Crippen molar-refractivity contribution in [2.24, 2.45) is 0 Å². The molecule has 0 fully saturated rings. The molecule has 9 nitrogen and oxygen atoms in total. The number of aliphatic carboxylic acids is 1. The van der Waals surface area contributed by atoms with E-state index in [2.05, 4.69) is 111 Å². The number of allylic oxidation sites excluding steroid dienone is 16. The molecule has 0 aromatic carbocycles. The molecule has 0 amide bonds. The summed E-state index contributed by atoms with van der Waals surface area (Å²) in [6.07, 6.45) is 67.7. The summed E-state index contributed by atoms with van der Waals surface area (Å²) in [5, 5.41) is 9.69. The zero-order chi connectivity index (χ0) is 52.0. The Balaban J connectivity index is 4.34. The van der Waals surface area contributed by atoms with Crippen LogP contribution >= 0.6 is 0 Å². The second-order valence-electron chi connectivity index (χ2n) is 19.9. The van der Waals surface area contributed by atoms with E-state index in [0.717, 1.165) is 77.0 Å². The maximum absolute atomic E-state index is 12.8. The molecule has 0 aliphatic rings. The monoisotopic (exact) mass is 993 g/mol. The van der Waals surface area contributed by atoms with E-state index in [-0.39, 0.29) is 38.6 Å². The molecule has 0 aromatic rings. The van der Waals surface area contributed by atoms with Gasteiger partial charge in [0.15, 0.2) is 6.10 Å². The molecule has 1 N–H and O–H groups in total. The van der Waals surface area contributed by atoms with Gasteiger partial charge in [-0.3, -0.25) is 9.59 Å². The summed E-state index contributed by atoms with van der Waals surface area (Å²) >= 11 is 0. The SMILES string of the molecule is CC/C=C\C/C=C\C/C=C\C/C=C\C/C=C\C/C=C\CCCCC(=O)OC(COC(=O)CCCCCCCCCCCCCCC/C=C\C/C=C\CCCCCCC)COC(OCC[N+](C)(C)C)C(=O)O. The molecule has 0 aliphatic heterocycles. The second kappa shape index (κ2) is 52.5. The molecule has 0 aromatic heterocycles. The van der Waals surface area contributed by atoms with Gasteiger partial charge in [0.05, 0.1) is 34.4 Å². The largest absolute Gasteiger partial charge is 0.477 e. The Bertz CT molecular complexity index is 1480. The van der Waals surface area contributed by atoms with Gasteiger partial charge < -0.3 is 28.5 Å². The minimum Gasteiger partial charge on any atom is -0.477 e. The molecular formula is C62H106NO8+. The van der Waals surface area contributed by atoms with Crippen molar-refractivity contribution in [2.75, 3.05) is 47.5 Å². The molecular weight excluding hydrogens is 887 g/mol. The van der Waals surface area contributed by atoms with Crippen molar-refractivity contribution in [3.63, 3.8) is 0 Å². The lowest BCUT2D eigenvalue weighted by Crippen LogP contribution is -2.40. The standard InChI is InChI=1S/C62H105NO8/c1-6-8-10-12-14-16-18-20-22-24-26-28-29-30-31-33-34-36-38-40-42-44-46-48-50-52-59(64)69-56-58(57-70-62(61(66)67)68-55-54-63(3,4)5)71-60(65)53-51-49-47-45-43-41-39-37-35-32-27-25-23-21-19-17-15-13-11-9-7-2/h9,11,15,17-18,20-21,23-24,26-27,32,37,39,43,45,58,62H,6-8,10,12-14,16,19,22,25,28-31,33-36,38,40-42,44,46-57H2,1-5H3/p+1/b11-9-,17-15-,20-18-,23-21-,26-24-,32-27-,39-37-,45-43-. The van der Waals surface area contributed by atoms with Crippen molar-refractivity contribution < 1.29 is 42.9 Å². The third kappa shape index (κ3) is 53.8. The van der Waals surface area contributed by atoms with Crippen molar-refractivity contribution in [3.8, 4) is 0 Å². The van der Waals surface area contributed by atoms with Crippen LogP contribution in [0, 0.1) is 0 Å². The van der Waals surface area contributed by atoms with E-state index in [1.165, 1.54) is 109 Å². The summed E-state index contributed by atoms with van der Waals surface area (Å²) in [5.74, 6) is -2.07. The molecule has 9 heteroatoms. The minimum atomic E-state index is -1.53. The van der Waals surface area contributed by atoms with Gasteiger partial charge in [-0.1, -0.05) is 207 Å². The first-order valence-corrected chi connectivity index (χ1v) is 28.4. The number of carbonyl (C=O) groups excluding carboxylic acids is 2. The van der Waals surface area contributed by atoms with Gasteiger partial charge in [0.2, 0.25) is 0 Å². The summed E-state index contributed by atoms with van der Waals surface area (Å²) in [4.78, 5) is 37.4. The third-order valence-electron chi connectivity index (χ3n) is 11.8. The van der Waals surface area contributed by atoms with Gasteiger partial charge in [0, 0.05) is 12.8 Å². The highest BCUT2D eigenvalue weighted by atomic mass is 16.7. The number of hydrogen-bond acceptors (Lipinski definition) is 7. The van der Waals surface area contributed by atoms with Crippen molar-refractivity contribution in [1.29, 1.82) is 0 Å². The summed E-state index contributed by atoms with van der Waals surface area (Å²) in [6.45, 7) is 4.70. The van der Waals surface area contributed by atoms with Crippen LogP contribution in [0.25, 0.3) is 0 Å². The Morgan fingerprint density at radius 1 is 0.437 bits per heavy atom. The summed E-state index contributed by atoms with van der Waals surface area (Å²) in [5.41, 5.74) is 0. The predicted molar refractivity (Wildman–Crippen MR) is 299 cm³/mol. The molecule has 0 spiro atoms. The van der Waals surface area contributed by atoms with E-state index in [9.17, 15) is 19.5 Å². The smallest absolute Gasteiger partial charge is 0.361 e. The quantitative estimate of drug-likeness (QED) is 0.0211. The number of hydrogen-bond donors (Lipinski definition) is 1. The van der Waals surface area contributed by atoms with Gasteiger partial charge in [-0.2, -0.15) is 0 Å². The molecule has 0 saturated carbocycles. The molecule has 0 saturated heterocycles. The first-order valence-electron chi connectivity index (χ1n) is 28.4. The van der Waals surface area contributed by atoms with Crippen LogP contribution in [-0.2, 0) is 33.3 Å². The number of esters is 2. The van der Waals surface area contributed by atoms with E-state index in [1.54, 1.807) is 0 Å². The number of carbonyl (C=O) groups is 3. The molecule has 406 valence electrons. The Morgan fingerprint density at radius 2 is 0.803 bits per heavy atom. The van der Waals surface area contributed by atoms with Crippen molar-refractivity contribution >= 4 is 17.9 Å². The summed E-state index contributed by atoms with van der Waals surface area (Å²) in [7, 11) is 5.94. The van der Waals surface area contributed by atoms with Crippen LogP contribution in [0.3, 0.4) is 0 Å². The molecule has 71 heavy (non-hydrogen) atoms.